The molecule has 2 amide bonds. The van der Waals surface area contributed by atoms with Gasteiger partial charge in [-0.2, -0.15) is 0 Å². The van der Waals surface area contributed by atoms with Gasteiger partial charge < -0.3 is 15.0 Å². The van der Waals surface area contributed by atoms with Crippen molar-refractivity contribution < 1.29 is 18.7 Å². The Balaban J connectivity index is 1.38. The second-order valence-electron chi connectivity index (χ2n) is 9.44. The fraction of sp³-hybridized carbons (Fsp3) is 0.458. The van der Waals surface area contributed by atoms with Crippen molar-refractivity contribution in [2.24, 2.45) is 0 Å². The second kappa shape index (κ2) is 9.61. The molecule has 0 unspecified atom stereocenters. The predicted octanol–water partition coefficient (Wildman–Crippen LogP) is 4.07. The number of hydrogen-bond donors (Lipinski definition) is 1. The maximum atomic E-state index is 14.7. The van der Waals surface area contributed by atoms with Gasteiger partial charge in [0.25, 0.3) is 0 Å². The van der Waals surface area contributed by atoms with Crippen LogP contribution >= 0.6 is 11.3 Å². The lowest BCUT2D eigenvalue weighted by molar-refractivity contribution is -0.133. The summed E-state index contributed by atoms with van der Waals surface area (Å²) in [6.45, 7) is 7.44. The molecule has 10 heteroatoms. The van der Waals surface area contributed by atoms with Gasteiger partial charge in [0.05, 0.1) is 24.7 Å². The van der Waals surface area contributed by atoms with Crippen molar-refractivity contribution in [3.63, 3.8) is 0 Å². The Bertz CT molecular complexity index is 1210. The molecule has 1 aromatic carbocycles. The average Bonchev–Trinajstić information content (AvgIpc) is 3.19. The normalized spacial score (nSPS) is 18.7. The third kappa shape index (κ3) is 5.85. The lowest BCUT2D eigenvalue weighted by Crippen LogP contribution is -2.54. The molecule has 2 aromatic heterocycles. The number of piperidine rings is 1. The first-order valence-corrected chi connectivity index (χ1v) is 12.0. The first-order chi connectivity index (χ1) is 16.1. The molecule has 34 heavy (non-hydrogen) atoms. The van der Waals surface area contributed by atoms with Crippen molar-refractivity contribution >= 4 is 34.1 Å². The highest BCUT2D eigenvalue weighted by molar-refractivity contribution is 7.14. The van der Waals surface area contributed by atoms with E-state index in [0.717, 1.165) is 26.4 Å². The molecular weight excluding hydrogens is 457 g/mol. The molecule has 0 aliphatic carbocycles. The van der Waals surface area contributed by atoms with Gasteiger partial charge >= 0.3 is 6.09 Å². The van der Waals surface area contributed by atoms with Gasteiger partial charge in [0.15, 0.2) is 0 Å². The number of hydrogen-bond acceptors (Lipinski definition) is 7. The molecule has 1 fully saturated rings. The van der Waals surface area contributed by atoms with Crippen molar-refractivity contribution in [1.82, 2.24) is 25.4 Å². The molecule has 0 radical (unpaired) electrons. The number of likely N-dealkylation sites (tertiary alicyclic amines) is 1. The summed E-state index contributed by atoms with van der Waals surface area (Å²) in [6, 6.07) is 7.16. The van der Waals surface area contributed by atoms with Gasteiger partial charge in [-0.3, -0.25) is 9.78 Å². The van der Waals surface area contributed by atoms with Crippen LogP contribution in [0.1, 0.15) is 37.9 Å². The van der Waals surface area contributed by atoms with Crippen molar-refractivity contribution in [3.8, 4) is 10.6 Å². The zero-order valence-electron chi connectivity index (χ0n) is 19.7. The number of carbonyl (C=O) groups is 2. The van der Waals surface area contributed by atoms with Crippen molar-refractivity contribution in [3.05, 3.63) is 41.2 Å². The van der Waals surface area contributed by atoms with E-state index in [1.807, 2.05) is 31.2 Å². The largest absolute Gasteiger partial charge is 0.444 e. The summed E-state index contributed by atoms with van der Waals surface area (Å²) in [7, 11) is 0. The van der Waals surface area contributed by atoms with Crippen LogP contribution in [0, 0.1) is 6.92 Å². The van der Waals surface area contributed by atoms with Gasteiger partial charge in [-0.15, -0.1) is 10.2 Å². The minimum Gasteiger partial charge on any atom is -0.444 e. The Kier molecular flexibility index (Phi) is 6.79. The average molecular weight is 486 g/mol. The van der Waals surface area contributed by atoms with Gasteiger partial charge in [-0.05, 0) is 51.6 Å². The summed E-state index contributed by atoms with van der Waals surface area (Å²) in [5.74, 6) is -0.193. The number of nitrogens with zero attached hydrogens (tertiary/aromatic N) is 4. The highest BCUT2D eigenvalue weighted by Crippen LogP contribution is 2.27. The zero-order valence-corrected chi connectivity index (χ0v) is 20.5. The molecule has 3 aromatic rings. The minimum absolute atomic E-state index is 0.0760. The van der Waals surface area contributed by atoms with E-state index in [4.69, 9.17) is 4.74 Å². The van der Waals surface area contributed by atoms with Crippen LogP contribution in [0.5, 0.6) is 0 Å². The summed E-state index contributed by atoms with van der Waals surface area (Å²) in [5.41, 5.74) is 0.921. The molecule has 8 nitrogen and oxygen atoms in total. The Morgan fingerprint density at radius 3 is 2.71 bits per heavy atom. The number of halogens is 1. The Morgan fingerprint density at radius 1 is 1.24 bits per heavy atom. The molecule has 1 saturated heterocycles. The van der Waals surface area contributed by atoms with E-state index in [-0.39, 0.29) is 18.9 Å². The predicted molar refractivity (Wildman–Crippen MR) is 128 cm³/mol. The first-order valence-electron chi connectivity index (χ1n) is 11.2. The molecule has 1 N–H and O–H groups in total. The number of rotatable bonds is 4. The number of ether oxygens (including phenoxy) is 1. The molecule has 1 aliphatic rings. The summed E-state index contributed by atoms with van der Waals surface area (Å²) in [6.07, 6.45) is 0.120. The van der Waals surface area contributed by atoms with Crippen LogP contribution in [0.3, 0.4) is 0 Å². The van der Waals surface area contributed by atoms with Crippen LogP contribution in [-0.2, 0) is 16.0 Å². The first kappa shape index (κ1) is 24.0. The third-order valence-electron chi connectivity index (χ3n) is 5.48. The van der Waals surface area contributed by atoms with Gasteiger partial charge in [-0.25, -0.2) is 9.18 Å². The van der Waals surface area contributed by atoms with Gasteiger partial charge in [-0.1, -0.05) is 23.5 Å². The Hall–Kier alpha value is -3.14. The molecule has 0 spiro atoms. The summed E-state index contributed by atoms with van der Waals surface area (Å²) in [4.78, 5) is 30.7. The number of alkyl carbamates (subject to hydrolysis) is 1. The lowest BCUT2D eigenvalue weighted by atomic mass is 10.0. The van der Waals surface area contributed by atoms with Crippen LogP contribution in [0.4, 0.5) is 9.18 Å². The number of alkyl halides is 1. The van der Waals surface area contributed by atoms with E-state index in [2.05, 4.69) is 20.5 Å². The number of amides is 2. The van der Waals surface area contributed by atoms with Crippen LogP contribution < -0.4 is 5.32 Å². The van der Waals surface area contributed by atoms with Crippen LogP contribution in [-0.4, -0.2) is 63.0 Å². The summed E-state index contributed by atoms with van der Waals surface area (Å²) >= 11 is 1.52. The fourth-order valence-electron chi connectivity index (χ4n) is 3.85. The standard InChI is InChI=1S/C24H28FN5O3S/c1-14-28-29-22(34-14)15-5-6-16-12-26-18(10-17(16)9-15)11-21(31)30-8-7-20(19(25)13-30)27-23(32)33-24(2,3)4/h5-6,9-10,12,19-20H,7-8,11,13H2,1-4H3,(H,27,32)/t19-,20-/m0/s1. The van der Waals surface area contributed by atoms with E-state index < -0.39 is 23.9 Å². The minimum atomic E-state index is -1.37. The van der Waals surface area contributed by atoms with E-state index in [0.29, 0.717) is 18.7 Å². The molecule has 3 heterocycles. The number of carbonyl (C=O) groups excluding carboxylic acids is 2. The van der Waals surface area contributed by atoms with Crippen LogP contribution in [0.2, 0.25) is 0 Å². The SMILES string of the molecule is Cc1nnc(-c2ccc3cnc(CC(=O)N4CC[C@H](NC(=O)OC(C)(C)C)[C@@H](F)C4)cc3c2)s1. The van der Waals surface area contributed by atoms with Gasteiger partial charge in [0.1, 0.15) is 21.8 Å². The summed E-state index contributed by atoms with van der Waals surface area (Å²) in [5, 5.41) is 14.5. The highest BCUT2D eigenvalue weighted by atomic mass is 32.1. The maximum absolute atomic E-state index is 14.7. The Morgan fingerprint density at radius 2 is 2.03 bits per heavy atom. The third-order valence-corrected chi connectivity index (χ3v) is 6.37. The second-order valence-corrected chi connectivity index (χ2v) is 10.6. The maximum Gasteiger partial charge on any atom is 0.407 e. The fourth-order valence-corrected chi connectivity index (χ4v) is 4.54. The smallest absolute Gasteiger partial charge is 0.407 e. The molecule has 0 saturated carbocycles. The quantitative estimate of drug-likeness (QED) is 0.598. The topological polar surface area (TPSA) is 97.3 Å². The van der Waals surface area contributed by atoms with Crippen LogP contribution in [0.25, 0.3) is 21.3 Å². The van der Waals surface area contributed by atoms with Crippen molar-refractivity contribution in [2.75, 3.05) is 13.1 Å². The molecule has 4 rings (SSSR count). The number of fused-ring (bicyclic) bond motifs is 1. The van der Waals surface area contributed by atoms with Gasteiger partial charge in [0.2, 0.25) is 5.91 Å². The number of aromatic nitrogens is 3. The van der Waals surface area contributed by atoms with Crippen LogP contribution in [0.15, 0.2) is 30.5 Å². The van der Waals surface area contributed by atoms with Crippen molar-refractivity contribution in [1.29, 1.82) is 0 Å². The molecule has 180 valence electrons. The van der Waals surface area contributed by atoms with E-state index in [1.54, 1.807) is 27.0 Å². The molecule has 2 atom stereocenters. The number of nitrogens with one attached hydrogen (secondary N) is 1. The Labute approximate surface area is 201 Å². The lowest BCUT2D eigenvalue weighted by Gasteiger charge is -2.35. The zero-order chi connectivity index (χ0) is 24.5. The number of pyridine rings is 1. The highest BCUT2D eigenvalue weighted by Gasteiger charge is 2.33. The number of benzene rings is 1. The molecule has 1 aliphatic heterocycles. The van der Waals surface area contributed by atoms with Crippen molar-refractivity contribution in [2.45, 2.75) is 58.4 Å². The van der Waals surface area contributed by atoms with E-state index >= 15 is 0 Å². The molecular formula is C24H28FN5O3S. The number of aryl methyl sites for hydroxylation is 1. The van der Waals surface area contributed by atoms with Gasteiger partial charge in [0, 0.05) is 23.7 Å². The van der Waals surface area contributed by atoms with E-state index in [1.165, 1.54) is 16.2 Å². The molecule has 0 bridgehead atoms. The van der Waals surface area contributed by atoms with E-state index in [9.17, 15) is 14.0 Å². The summed E-state index contributed by atoms with van der Waals surface area (Å²) < 4.78 is 19.9. The monoisotopic (exact) mass is 485 g/mol.